The molecule has 2 aliphatic heterocycles. The summed E-state index contributed by atoms with van der Waals surface area (Å²) in [6, 6.07) is 1.54. The van der Waals surface area contributed by atoms with Gasteiger partial charge in [0.25, 0.3) is 5.56 Å². The smallest absolute Gasteiger partial charge is 0.329 e. The summed E-state index contributed by atoms with van der Waals surface area (Å²) in [5.41, 5.74) is 0.0269. The van der Waals surface area contributed by atoms with Crippen LogP contribution in [0, 0.1) is 0 Å². The summed E-state index contributed by atoms with van der Waals surface area (Å²) < 4.78 is 2.86. The molecule has 2 aromatic heterocycles. The lowest BCUT2D eigenvalue weighted by molar-refractivity contribution is 0.229. The van der Waals surface area contributed by atoms with Crippen molar-refractivity contribution in [2.45, 2.75) is 6.04 Å². The Morgan fingerprint density at radius 1 is 1.16 bits per heavy atom. The number of hydrogen-bond donors (Lipinski definition) is 1. The van der Waals surface area contributed by atoms with E-state index in [1.165, 1.54) is 13.1 Å². The third-order valence-corrected chi connectivity index (χ3v) is 4.82. The fraction of sp³-hybridized carbons (Fsp3) is 0.467. The first-order valence-electron chi connectivity index (χ1n) is 8.06. The van der Waals surface area contributed by atoms with Crippen molar-refractivity contribution in [2.75, 3.05) is 43.0 Å². The van der Waals surface area contributed by atoms with Crippen molar-refractivity contribution in [1.29, 1.82) is 0 Å². The second kappa shape index (κ2) is 5.50. The second-order valence-electron chi connectivity index (χ2n) is 6.45. The first-order valence-corrected chi connectivity index (χ1v) is 8.06. The highest BCUT2D eigenvalue weighted by Crippen LogP contribution is 2.27. The van der Waals surface area contributed by atoms with Crippen molar-refractivity contribution in [2.24, 2.45) is 7.05 Å². The van der Waals surface area contributed by atoms with E-state index in [0.29, 0.717) is 32.0 Å². The second-order valence-corrected chi connectivity index (χ2v) is 6.45. The van der Waals surface area contributed by atoms with Gasteiger partial charge in [0.2, 0.25) is 0 Å². The van der Waals surface area contributed by atoms with Crippen LogP contribution in [0.2, 0.25) is 0 Å². The molecule has 0 saturated carbocycles. The monoisotopic (exact) mass is 345 g/mol. The molecule has 25 heavy (non-hydrogen) atoms. The highest BCUT2D eigenvalue weighted by Gasteiger charge is 2.32. The number of rotatable bonds is 3. The number of hydrogen-bond acceptors (Lipinski definition) is 5. The zero-order chi connectivity index (χ0) is 17.7. The number of nitrogens with zero attached hydrogens (tertiary/aromatic N) is 6. The van der Waals surface area contributed by atoms with Crippen LogP contribution >= 0.6 is 0 Å². The molecule has 2 aliphatic rings. The zero-order valence-corrected chi connectivity index (χ0v) is 14.0. The number of aromatic nitrogens is 4. The van der Waals surface area contributed by atoms with Crippen LogP contribution in [-0.4, -0.2) is 63.5 Å². The van der Waals surface area contributed by atoms with Gasteiger partial charge in [0.1, 0.15) is 5.82 Å². The van der Waals surface area contributed by atoms with Crippen molar-refractivity contribution >= 4 is 17.5 Å². The quantitative estimate of drug-likeness (QED) is 0.785. The normalized spacial score (nSPS) is 18.2. The van der Waals surface area contributed by atoms with E-state index in [-0.39, 0.29) is 17.6 Å². The Labute approximate surface area is 142 Å². The van der Waals surface area contributed by atoms with Gasteiger partial charge in [-0.15, -0.1) is 0 Å². The Balaban J connectivity index is 1.46. The van der Waals surface area contributed by atoms with E-state index in [4.69, 9.17) is 0 Å². The van der Waals surface area contributed by atoms with Crippen molar-refractivity contribution in [1.82, 2.24) is 24.2 Å². The summed E-state index contributed by atoms with van der Waals surface area (Å²) in [6.45, 7) is 2.64. The average Bonchev–Trinajstić information content (AvgIpc) is 3.11. The SMILES string of the molecule is CN1CCN(c2cnn(C3CN(c4cc(=O)n(C)c(=O)[nH]4)C3)c2)C1=O. The summed E-state index contributed by atoms with van der Waals surface area (Å²) in [5.74, 6) is 0.521. The van der Waals surface area contributed by atoms with E-state index in [2.05, 4.69) is 10.1 Å². The number of H-pyrrole nitrogens is 1. The zero-order valence-electron chi connectivity index (χ0n) is 14.0. The lowest BCUT2D eigenvalue weighted by atomic mass is 10.1. The van der Waals surface area contributed by atoms with Gasteiger partial charge in [0.05, 0.1) is 17.9 Å². The molecule has 0 aliphatic carbocycles. The fourth-order valence-electron chi connectivity index (χ4n) is 3.09. The van der Waals surface area contributed by atoms with E-state index in [0.717, 1.165) is 10.3 Å². The first-order chi connectivity index (χ1) is 11.9. The van der Waals surface area contributed by atoms with Crippen molar-refractivity contribution in [3.8, 4) is 0 Å². The topological polar surface area (TPSA) is 99.5 Å². The van der Waals surface area contributed by atoms with Crippen LogP contribution in [0.3, 0.4) is 0 Å². The molecule has 0 radical (unpaired) electrons. The van der Waals surface area contributed by atoms with Gasteiger partial charge >= 0.3 is 11.7 Å². The van der Waals surface area contributed by atoms with E-state index < -0.39 is 5.69 Å². The highest BCUT2D eigenvalue weighted by atomic mass is 16.2. The molecule has 0 spiro atoms. The maximum atomic E-state index is 12.0. The Kier molecular flexibility index (Phi) is 3.41. The van der Waals surface area contributed by atoms with E-state index in [1.807, 2.05) is 15.8 Å². The van der Waals surface area contributed by atoms with Crippen LogP contribution in [-0.2, 0) is 7.05 Å². The lowest BCUT2D eigenvalue weighted by Gasteiger charge is -2.40. The third-order valence-electron chi connectivity index (χ3n) is 4.82. The van der Waals surface area contributed by atoms with Crippen molar-refractivity contribution in [3.63, 3.8) is 0 Å². The van der Waals surface area contributed by atoms with Gasteiger partial charge in [0.15, 0.2) is 0 Å². The minimum absolute atomic E-state index is 0.0208. The molecule has 2 aromatic rings. The molecule has 2 saturated heterocycles. The summed E-state index contributed by atoms with van der Waals surface area (Å²) >= 11 is 0. The molecule has 0 unspecified atom stereocenters. The number of urea groups is 1. The summed E-state index contributed by atoms with van der Waals surface area (Å²) in [6.07, 6.45) is 3.56. The molecule has 10 nitrogen and oxygen atoms in total. The maximum absolute atomic E-state index is 12.0. The number of amides is 2. The van der Waals surface area contributed by atoms with Crippen molar-refractivity contribution in [3.05, 3.63) is 39.3 Å². The number of aromatic amines is 1. The molecule has 4 heterocycles. The van der Waals surface area contributed by atoms with Gasteiger partial charge in [-0.3, -0.25) is 23.9 Å². The molecule has 0 atom stereocenters. The Bertz CT molecular complexity index is 906. The van der Waals surface area contributed by atoms with Crippen LogP contribution < -0.4 is 21.0 Å². The summed E-state index contributed by atoms with van der Waals surface area (Å²) in [7, 11) is 3.22. The molecular formula is C15H19N7O3. The van der Waals surface area contributed by atoms with E-state index in [9.17, 15) is 14.4 Å². The minimum Gasteiger partial charge on any atom is -0.353 e. The molecular weight excluding hydrogens is 326 g/mol. The maximum Gasteiger partial charge on any atom is 0.329 e. The highest BCUT2D eigenvalue weighted by molar-refractivity contribution is 5.93. The fourth-order valence-corrected chi connectivity index (χ4v) is 3.09. The number of anilines is 2. The number of likely N-dealkylation sites (N-methyl/N-ethyl adjacent to an activating group) is 1. The third kappa shape index (κ3) is 2.49. The van der Waals surface area contributed by atoms with E-state index >= 15 is 0 Å². The van der Waals surface area contributed by atoms with Gasteiger partial charge < -0.3 is 9.80 Å². The van der Waals surface area contributed by atoms with E-state index in [1.54, 1.807) is 23.0 Å². The predicted octanol–water partition coefficient (Wildman–Crippen LogP) is -0.797. The summed E-state index contributed by atoms with van der Waals surface area (Å²) in [5, 5.41) is 4.36. The van der Waals surface area contributed by atoms with Crippen LogP contribution in [0.25, 0.3) is 0 Å². The number of nitrogens with one attached hydrogen (secondary N) is 1. The molecule has 1 N–H and O–H groups in total. The van der Waals surface area contributed by atoms with Crippen LogP contribution in [0.4, 0.5) is 16.3 Å². The molecule has 10 heteroatoms. The number of carbonyl (C=O) groups is 1. The first kappa shape index (κ1) is 15.5. The van der Waals surface area contributed by atoms with Gasteiger partial charge in [-0.25, -0.2) is 9.59 Å². The minimum atomic E-state index is -0.427. The Morgan fingerprint density at radius 3 is 2.56 bits per heavy atom. The molecule has 0 aromatic carbocycles. The summed E-state index contributed by atoms with van der Waals surface area (Å²) in [4.78, 5) is 43.4. The van der Waals surface area contributed by atoms with Gasteiger partial charge in [0, 0.05) is 52.5 Å². The lowest BCUT2D eigenvalue weighted by Crippen LogP contribution is -2.49. The molecule has 0 bridgehead atoms. The Morgan fingerprint density at radius 2 is 1.92 bits per heavy atom. The van der Waals surface area contributed by atoms with Crippen LogP contribution in [0.1, 0.15) is 6.04 Å². The Hall–Kier alpha value is -3.04. The van der Waals surface area contributed by atoms with Gasteiger partial charge in [-0.1, -0.05) is 0 Å². The van der Waals surface area contributed by atoms with Gasteiger partial charge in [-0.2, -0.15) is 5.10 Å². The molecule has 132 valence electrons. The molecule has 2 amide bonds. The standard InChI is InChI=1S/C15H19N7O3/c1-18-3-4-21(15(18)25)10-6-16-22(9-10)11-7-20(8-11)12-5-13(23)19(2)14(24)17-12/h5-6,9,11H,3-4,7-8H2,1-2H3,(H,17,24). The average molecular weight is 345 g/mol. The van der Waals surface area contributed by atoms with Crippen LogP contribution in [0.5, 0.6) is 0 Å². The number of carbonyl (C=O) groups excluding carboxylic acids is 1. The van der Waals surface area contributed by atoms with Gasteiger partial charge in [-0.05, 0) is 0 Å². The molecule has 4 rings (SSSR count). The predicted molar refractivity (Wildman–Crippen MR) is 91.2 cm³/mol. The molecule has 2 fully saturated rings. The van der Waals surface area contributed by atoms with Crippen molar-refractivity contribution < 1.29 is 4.79 Å². The van der Waals surface area contributed by atoms with Crippen LogP contribution in [0.15, 0.2) is 28.0 Å². The largest absolute Gasteiger partial charge is 0.353 e.